The zero-order valence-corrected chi connectivity index (χ0v) is 9.65. The number of nitrogen functional groups attached to an aromatic ring is 1. The number of hydrogen-bond donors (Lipinski definition) is 3. The molecule has 0 radical (unpaired) electrons. The van der Waals surface area contributed by atoms with Gasteiger partial charge in [-0.25, -0.2) is 4.98 Å². The molecule has 7 heteroatoms. The molecule has 0 saturated carbocycles. The second-order valence-corrected chi connectivity index (χ2v) is 3.75. The lowest BCUT2D eigenvalue weighted by Gasteiger charge is -2.04. The van der Waals surface area contributed by atoms with Gasteiger partial charge in [0.25, 0.3) is 5.91 Å². The lowest BCUT2D eigenvalue weighted by Crippen LogP contribution is -2.13. The molecule has 2 aromatic rings. The van der Waals surface area contributed by atoms with Crippen molar-refractivity contribution in [1.82, 2.24) is 15.2 Å². The van der Waals surface area contributed by atoms with Gasteiger partial charge in [-0.1, -0.05) is 0 Å². The molecule has 0 atom stereocenters. The van der Waals surface area contributed by atoms with Gasteiger partial charge in [0.2, 0.25) is 0 Å². The standard InChI is InChI=1S/C9H8BrN5O/c10-8-5(2-1-3-12-8)13-9(16)6-4-7(11)15-14-6/h1-4H,(H,13,16)(H3,11,14,15). The van der Waals surface area contributed by atoms with E-state index in [0.717, 1.165) is 0 Å². The predicted octanol–water partition coefficient (Wildman–Crippen LogP) is 1.40. The Balaban J connectivity index is 2.17. The number of halogens is 1. The summed E-state index contributed by atoms with van der Waals surface area (Å²) in [7, 11) is 0. The molecule has 2 heterocycles. The Morgan fingerprint density at radius 2 is 2.38 bits per heavy atom. The number of nitrogens with one attached hydrogen (secondary N) is 2. The molecule has 0 aliphatic heterocycles. The van der Waals surface area contributed by atoms with E-state index in [9.17, 15) is 4.79 Å². The van der Waals surface area contributed by atoms with Gasteiger partial charge >= 0.3 is 0 Å². The Morgan fingerprint density at radius 3 is 3.00 bits per heavy atom. The summed E-state index contributed by atoms with van der Waals surface area (Å²) in [6, 6.07) is 4.91. The maximum Gasteiger partial charge on any atom is 0.273 e. The van der Waals surface area contributed by atoms with Crippen molar-refractivity contribution >= 4 is 33.3 Å². The van der Waals surface area contributed by atoms with E-state index < -0.39 is 0 Å². The first-order chi connectivity index (χ1) is 7.66. The summed E-state index contributed by atoms with van der Waals surface area (Å²) in [5, 5.41) is 8.85. The fourth-order valence-corrected chi connectivity index (χ4v) is 1.47. The molecule has 0 aliphatic rings. The topological polar surface area (TPSA) is 96.7 Å². The fraction of sp³-hybridized carbons (Fsp3) is 0. The van der Waals surface area contributed by atoms with Gasteiger partial charge in [-0.3, -0.25) is 9.89 Å². The lowest BCUT2D eigenvalue weighted by molar-refractivity contribution is 0.102. The Morgan fingerprint density at radius 1 is 1.56 bits per heavy atom. The van der Waals surface area contributed by atoms with Crippen molar-refractivity contribution in [3.05, 3.63) is 34.7 Å². The van der Waals surface area contributed by atoms with Crippen LogP contribution in [0.4, 0.5) is 11.5 Å². The van der Waals surface area contributed by atoms with E-state index in [0.29, 0.717) is 16.0 Å². The van der Waals surface area contributed by atoms with Crippen LogP contribution in [0.2, 0.25) is 0 Å². The fourth-order valence-electron chi connectivity index (χ4n) is 1.12. The number of aromatic amines is 1. The van der Waals surface area contributed by atoms with Gasteiger partial charge in [0, 0.05) is 12.3 Å². The molecular weight excluding hydrogens is 274 g/mol. The van der Waals surface area contributed by atoms with Crippen molar-refractivity contribution in [1.29, 1.82) is 0 Å². The lowest BCUT2D eigenvalue weighted by atomic mass is 10.3. The number of carbonyl (C=O) groups excluding carboxylic acids is 1. The largest absolute Gasteiger partial charge is 0.382 e. The molecule has 0 aliphatic carbocycles. The molecule has 0 fully saturated rings. The van der Waals surface area contributed by atoms with E-state index in [4.69, 9.17) is 5.73 Å². The molecule has 0 saturated heterocycles. The number of anilines is 2. The molecule has 6 nitrogen and oxygen atoms in total. The van der Waals surface area contributed by atoms with Crippen molar-refractivity contribution < 1.29 is 4.79 Å². The summed E-state index contributed by atoms with van der Waals surface area (Å²) in [5.74, 6) is -0.0479. The Bertz CT molecular complexity index is 524. The molecule has 0 bridgehead atoms. The average Bonchev–Trinajstić information content (AvgIpc) is 2.68. The van der Waals surface area contributed by atoms with E-state index in [-0.39, 0.29) is 11.7 Å². The maximum absolute atomic E-state index is 11.7. The minimum Gasteiger partial charge on any atom is -0.382 e. The van der Waals surface area contributed by atoms with Crippen LogP contribution in [0.5, 0.6) is 0 Å². The smallest absolute Gasteiger partial charge is 0.273 e. The summed E-state index contributed by atoms with van der Waals surface area (Å²) < 4.78 is 0.566. The minimum atomic E-state index is -0.321. The highest BCUT2D eigenvalue weighted by Crippen LogP contribution is 2.18. The predicted molar refractivity (Wildman–Crippen MR) is 62.9 cm³/mol. The molecular formula is C9H8BrN5O. The molecule has 0 spiro atoms. The summed E-state index contributed by atoms with van der Waals surface area (Å²) in [4.78, 5) is 15.7. The van der Waals surface area contributed by atoms with Crippen LogP contribution in [0.1, 0.15) is 10.5 Å². The highest BCUT2D eigenvalue weighted by molar-refractivity contribution is 9.10. The van der Waals surface area contributed by atoms with Crippen molar-refractivity contribution in [3.63, 3.8) is 0 Å². The zero-order valence-electron chi connectivity index (χ0n) is 8.07. The second kappa shape index (κ2) is 4.31. The quantitative estimate of drug-likeness (QED) is 0.725. The van der Waals surface area contributed by atoms with Crippen molar-refractivity contribution in [2.24, 2.45) is 0 Å². The van der Waals surface area contributed by atoms with Crippen molar-refractivity contribution in [3.8, 4) is 0 Å². The number of H-pyrrole nitrogens is 1. The van der Waals surface area contributed by atoms with Crippen LogP contribution in [0.25, 0.3) is 0 Å². The summed E-state index contributed by atoms with van der Waals surface area (Å²) in [6.07, 6.45) is 1.62. The van der Waals surface area contributed by atoms with E-state index in [1.54, 1.807) is 18.3 Å². The van der Waals surface area contributed by atoms with Crippen LogP contribution < -0.4 is 11.1 Å². The first-order valence-electron chi connectivity index (χ1n) is 4.39. The second-order valence-electron chi connectivity index (χ2n) is 3.00. The van der Waals surface area contributed by atoms with Crippen LogP contribution in [0, 0.1) is 0 Å². The van der Waals surface area contributed by atoms with Gasteiger partial charge in [0.15, 0.2) is 0 Å². The van der Waals surface area contributed by atoms with Crippen molar-refractivity contribution in [2.75, 3.05) is 11.1 Å². The molecule has 1 amide bonds. The van der Waals surface area contributed by atoms with Gasteiger partial charge in [0.05, 0.1) is 5.69 Å². The molecule has 4 N–H and O–H groups in total. The van der Waals surface area contributed by atoms with Crippen molar-refractivity contribution in [2.45, 2.75) is 0 Å². The van der Waals surface area contributed by atoms with Crippen LogP contribution in [-0.2, 0) is 0 Å². The first kappa shape index (κ1) is 10.6. The normalized spacial score (nSPS) is 10.1. The van der Waals surface area contributed by atoms with Gasteiger partial charge in [-0.05, 0) is 28.1 Å². The number of nitrogens with zero attached hydrogens (tertiary/aromatic N) is 2. The SMILES string of the molecule is Nc1cc(C(=O)Nc2cccnc2Br)[nH]n1. The van der Waals surface area contributed by atoms with Gasteiger partial charge < -0.3 is 11.1 Å². The van der Waals surface area contributed by atoms with E-state index in [1.807, 2.05) is 0 Å². The Hall–Kier alpha value is -1.89. The molecule has 0 unspecified atom stereocenters. The Labute approximate surface area is 99.4 Å². The third-order valence-electron chi connectivity index (χ3n) is 1.85. The van der Waals surface area contributed by atoms with Crippen LogP contribution in [0.15, 0.2) is 29.0 Å². The average molecular weight is 282 g/mol. The molecule has 2 rings (SSSR count). The van der Waals surface area contributed by atoms with Crippen LogP contribution >= 0.6 is 15.9 Å². The number of carbonyl (C=O) groups is 1. The van der Waals surface area contributed by atoms with E-state index >= 15 is 0 Å². The van der Waals surface area contributed by atoms with Gasteiger partial charge in [-0.15, -0.1) is 0 Å². The van der Waals surface area contributed by atoms with E-state index in [1.165, 1.54) is 6.07 Å². The maximum atomic E-state index is 11.7. The molecule has 2 aromatic heterocycles. The van der Waals surface area contributed by atoms with Gasteiger partial charge in [0.1, 0.15) is 16.1 Å². The number of amides is 1. The summed E-state index contributed by atoms with van der Waals surface area (Å²) >= 11 is 3.23. The summed E-state index contributed by atoms with van der Waals surface area (Å²) in [5.41, 5.74) is 6.28. The third kappa shape index (κ3) is 2.19. The zero-order chi connectivity index (χ0) is 11.5. The Kier molecular flexibility index (Phi) is 2.86. The summed E-state index contributed by atoms with van der Waals surface area (Å²) in [6.45, 7) is 0. The number of aromatic nitrogens is 3. The molecule has 0 aromatic carbocycles. The number of pyridine rings is 1. The van der Waals surface area contributed by atoms with E-state index in [2.05, 4.69) is 36.4 Å². The van der Waals surface area contributed by atoms with Crippen LogP contribution in [-0.4, -0.2) is 21.1 Å². The molecule has 16 heavy (non-hydrogen) atoms. The van der Waals surface area contributed by atoms with Crippen LogP contribution in [0.3, 0.4) is 0 Å². The highest BCUT2D eigenvalue weighted by atomic mass is 79.9. The highest BCUT2D eigenvalue weighted by Gasteiger charge is 2.10. The minimum absolute atomic E-state index is 0.274. The molecule has 82 valence electrons. The number of rotatable bonds is 2. The van der Waals surface area contributed by atoms with Gasteiger partial charge in [-0.2, -0.15) is 5.10 Å². The monoisotopic (exact) mass is 281 g/mol. The number of nitrogens with two attached hydrogens (primary N) is 1. The first-order valence-corrected chi connectivity index (χ1v) is 5.19. The third-order valence-corrected chi connectivity index (χ3v) is 2.48. The number of hydrogen-bond acceptors (Lipinski definition) is 4.